The molecule has 0 aliphatic heterocycles. The van der Waals surface area contributed by atoms with Crippen molar-refractivity contribution < 1.29 is 32.9 Å². The summed E-state index contributed by atoms with van der Waals surface area (Å²) in [7, 11) is 1.54. The van der Waals surface area contributed by atoms with Crippen LogP contribution in [0.5, 0.6) is 0 Å². The number of nitrogens with zero attached hydrogens (tertiary/aromatic N) is 1. The Balaban J connectivity index is 3.93. The largest absolute Gasteiger partial charge is 0.472 e. The summed E-state index contributed by atoms with van der Waals surface area (Å²) in [6.45, 7) is 4.58. The fraction of sp³-hybridized carbons (Fsp3) is 0.677. The number of hydrogen-bond acceptors (Lipinski definition) is 5. The van der Waals surface area contributed by atoms with Gasteiger partial charge in [-0.2, -0.15) is 0 Å². The lowest BCUT2D eigenvalue weighted by Gasteiger charge is -2.25. The van der Waals surface area contributed by atoms with Crippen LogP contribution in [0, 0.1) is 0 Å². The first kappa shape index (κ1) is 70.9. The molecule has 0 aromatic heterocycles. The molecule has 1 amide bonds. The Morgan fingerprint density at radius 1 is 0.473 bits per heavy atom. The third-order valence-corrected chi connectivity index (χ3v) is 13.6. The first-order valence-electron chi connectivity index (χ1n) is 29.9. The number of phosphoric acid groups is 1. The molecule has 0 aromatic carbocycles. The number of carbonyl (C=O) groups is 1. The van der Waals surface area contributed by atoms with E-state index in [2.05, 4.69) is 129 Å². The number of rotatable bonds is 53. The summed E-state index contributed by atoms with van der Waals surface area (Å²) in [5.74, 6) is -0.195. The molecule has 3 unspecified atom stereocenters. The van der Waals surface area contributed by atoms with Gasteiger partial charge in [-0.3, -0.25) is 13.8 Å². The fourth-order valence-corrected chi connectivity index (χ4v) is 8.74. The highest BCUT2D eigenvalue weighted by Crippen LogP contribution is 2.43. The Kier molecular flexibility index (Phi) is 52.4. The van der Waals surface area contributed by atoms with Gasteiger partial charge < -0.3 is 19.8 Å². The van der Waals surface area contributed by atoms with Crippen molar-refractivity contribution in [2.45, 2.75) is 244 Å². The second-order valence-corrected chi connectivity index (χ2v) is 22.4. The molecule has 0 aliphatic rings. The maximum Gasteiger partial charge on any atom is 0.472 e. The maximum absolute atomic E-state index is 12.9. The van der Waals surface area contributed by atoms with Gasteiger partial charge in [0.2, 0.25) is 5.91 Å². The Labute approximate surface area is 456 Å². The van der Waals surface area contributed by atoms with E-state index in [0.29, 0.717) is 17.4 Å². The Morgan fingerprint density at radius 3 is 1.23 bits per heavy atom. The summed E-state index contributed by atoms with van der Waals surface area (Å²) in [6.07, 6.45) is 82.0. The Bertz CT molecular complexity index is 1620. The van der Waals surface area contributed by atoms with Gasteiger partial charge in [0.05, 0.1) is 39.9 Å². The van der Waals surface area contributed by atoms with Crippen LogP contribution >= 0.6 is 7.82 Å². The summed E-state index contributed by atoms with van der Waals surface area (Å²) in [5.41, 5.74) is 0. The van der Waals surface area contributed by atoms with Gasteiger partial charge in [0.25, 0.3) is 0 Å². The number of aliphatic hydroxyl groups is 1. The van der Waals surface area contributed by atoms with Gasteiger partial charge in [0, 0.05) is 6.42 Å². The molecule has 0 bridgehead atoms. The monoisotopic (exact) mass is 1050 g/mol. The van der Waals surface area contributed by atoms with Crippen molar-refractivity contribution in [1.29, 1.82) is 0 Å². The van der Waals surface area contributed by atoms with Gasteiger partial charge in [0.15, 0.2) is 0 Å². The van der Waals surface area contributed by atoms with E-state index in [-0.39, 0.29) is 19.1 Å². The van der Waals surface area contributed by atoms with Crippen LogP contribution in [-0.2, 0) is 18.4 Å². The van der Waals surface area contributed by atoms with Gasteiger partial charge >= 0.3 is 7.82 Å². The minimum absolute atomic E-state index is 0.0499. The maximum atomic E-state index is 12.9. The lowest BCUT2D eigenvalue weighted by molar-refractivity contribution is -0.870. The molecule has 9 heteroatoms. The lowest BCUT2D eigenvalue weighted by Crippen LogP contribution is -2.45. The molecular formula is C65H114N2O6P+. The van der Waals surface area contributed by atoms with Crippen LogP contribution in [0.15, 0.2) is 122 Å². The SMILES string of the molecule is CC/C=C\C/C=C\C/C=C\C/C=C\C/C=C\C/C=C\C/C=C\CCCCCCCCCCCCCCCCCCCCCC(=O)NC(COP(=O)(O)OCC[N+](C)(C)C)C(O)/C=C/CC/C=C/CC/C=C/CCC. The summed E-state index contributed by atoms with van der Waals surface area (Å²) in [5, 5.41) is 13.8. The number of hydrogen-bond donors (Lipinski definition) is 3. The van der Waals surface area contributed by atoms with E-state index in [4.69, 9.17) is 9.05 Å². The molecule has 424 valence electrons. The number of carbonyl (C=O) groups excluding carboxylic acids is 1. The van der Waals surface area contributed by atoms with E-state index in [0.717, 1.165) is 96.3 Å². The van der Waals surface area contributed by atoms with Gasteiger partial charge in [-0.25, -0.2) is 4.57 Å². The number of quaternary nitrogens is 1. The summed E-state index contributed by atoms with van der Waals surface area (Å²) < 4.78 is 23.6. The normalized spacial score (nSPS) is 14.7. The van der Waals surface area contributed by atoms with E-state index in [1.807, 2.05) is 27.2 Å². The molecular weight excluding hydrogens is 936 g/mol. The smallest absolute Gasteiger partial charge is 0.387 e. The van der Waals surface area contributed by atoms with Crippen molar-refractivity contribution in [3.05, 3.63) is 122 Å². The minimum atomic E-state index is -4.36. The van der Waals surface area contributed by atoms with Crippen molar-refractivity contribution in [1.82, 2.24) is 5.32 Å². The predicted molar refractivity (Wildman–Crippen MR) is 322 cm³/mol. The molecule has 0 rings (SSSR count). The number of nitrogens with one attached hydrogen (secondary N) is 1. The molecule has 0 radical (unpaired) electrons. The molecule has 0 spiro atoms. The van der Waals surface area contributed by atoms with Gasteiger partial charge in [-0.05, 0) is 96.3 Å². The van der Waals surface area contributed by atoms with Crippen molar-refractivity contribution >= 4 is 13.7 Å². The molecule has 0 saturated heterocycles. The summed E-state index contributed by atoms with van der Waals surface area (Å²) in [6, 6.07) is -0.873. The zero-order chi connectivity index (χ0) is 54.2. The number of allylic oxidation sites excluding steroid dienone is 19. The fourth-order valence-electron chi connectivity index (χ4n) is 8.00. The number of amides is 1. The second-order valence-electron chi connectivity index (χ2n) is 21.0. The van der Waals surface area contributed by atoms with Crippen LogP contribution in [0.4, 0.5) is 0 Å². The van der Waals surface area contributed by atoms with Crippen molar-refractivity contribution in [3.8, 4) is 0 Å². The molecule has 0 aromatic rings. The lowest BCUT2D eigenvalue weighted by atomic mass is 10.0. The standard InChI is InChI=1S/C65H113N2O6P/c1-6-8-10-12-14-16-18-19-20-21-22-23-24-25-26-27-28-29-30-31-32-33-34-35-36-37-38-39-40-41-42-43-44-45-46-47-49-51-53-55-57-59-65(69)66-63(62-73-74(70,71)72-61-60-67(3,4)5)64(68)58-56-54-52-50-48-17-15-13-11-9-7-2/h8,10-11,13-14,16,19-20,22-23,25-26,28-29,31-32,48,50,56,58,63-64,68H,6-7,9,12,15,17-18,21,24,27,30,33-47,49,51-55,57,59-62H2,1-5H3,(H-,66,69,70,71)/p+1/b10-8-,13-11+,16-14-,20-19-,23-22-,26-25-,29-28-,32-31-,50-48+,58-56+. The molecule has 3 N–H and O–H groups in total. The first-order valence-corrected chi connectivity index (χ1v) is 31.4. The highest BCUT2D eigenvalue weighted by molar-refractivity contribution is 7.47. The topological polar surface area (TPSA) is 105 Å². The molecule has 74 heavy (non-hydrogen) atoms. The molecule has 0 fully saturated rings. The zero-order valence-corrected chi connectivity index (χ0v) is 49.2. The molecule has 8 nitrogen and oxygen atoms in total. The quantitative estimate of drug-likeness (QED) is 0.0243. The van der Waals surface area contributed by atoms with E-state index in [9.17, 15) is 19.4 Å². The third kappa shape index (κ3) is 56.6. The summed E-state index contributed by atoms with van der Waals surface area (Å²) >= 11 is 0. The van der Waals surface area contributed by atoms with E-state index in [1.54, 1.807) is 6.08 Å². The van der Waals surface area contributed by atoms with Crippen LogP contribution in [-0.4, -0.2) is 73.4 Å². The van der Waals surface area contributed by atoms with Crippen molar-refractivity contribution in [3.63, 3.8) is 0 Å². The van der Waals surface area contributed by atoms with Crippen LogP contribution in [0.3, 0.4) is 0 Å². The highest BCUT2D eigenvalue weighted by atomic mass is 31.2. The molecule has 0 heterocycles. The Hall–Kier alpha value is -3.10. The number of likely N-dealkylation sites (N-methyl/N-ethyl adjacent to an activating group) is 1. The van der Waals surface area contributed by atoms with Crippen LogP contribution in [0.2, 0.25) is 0 Å². The van der Waals surface area contributed by atoms with E-state index >= 15 is 0 Å². The van der Waals surface area contributed by atoms with Gasteiger partial charge in [-0.1, -0.05) is 251 Å². The second kappa shape index (κ2) is 54.7. The average Bonchev–Trinajstić information content (AvgIpc) is 3.36. The molecule has 0 saturated carbocycles. The number of phosphoric ester groups is 1. The average molecular weight is 1050 g/mol. The predicted octanol–water partition coefficient (Wildman–Crippen LogP) is 18.5. The van der Waals surface area contributed by atoms with Crippen LogP contribution < -0.4 is 5.32 Å². The Morgan fingerprint density at radius 2 is 0.824 bits per heavy atom. The van der Waals surface area contributed by atoms with Crippen molar-refractivity contribution in [2.75, 3.05) is 40.9 Å². The minimum Gasteiger partial charge on any atom is -0.387 e. The molecule has 0 aliphatic carbocycles. The van der Waals surface area contributed by atoms with E-state index in [1.165, 1.54) is 116 Å². The first-order chi connectivity index (χ1) is 36.0. The van der Waals surface area contributed by atoms with Crippen LogP contribution in [0.1, 0.15) is 232 Å². The molecule has 3 atom stereocenters. The number of unbranched alkanes of at least 4 members (excludes halogenated alkanes) is 22. The van der Waals surface area contributed by atoms with Crippen LogP contribution in [0.25, 0.3) is 0 Å². The van der Waals surface area contributed by atoms with Gasteiger partial charge in [0.1, 0.15) is 13.2 Å². The summed E-state index contributed by atoms with van der Waals surface area (Å²) in [4.78, 5) is 23.2. The highest BCUT2D eigenvalue weighted by Gasteiger charge is 2.27. The van der Waals surface area contributed by atoms with Crippen molar-refractivity contribution in [2.24, 2.45) is 0 Å². The number of aliphatic hydroxyl groups excluding tert-OH is 1. The van der Waals surface area contributed by atoms with Gasteiger partial charge in [-0.15, -0.1) is 0 Å². The zero-order valence-electron chi connectivity index (χ0n) is 48.3. The van der Waals surface area contributed by atoms with E-state index < -0.39 is 20.0 Å². The third-order valence-electron chi connectivity index (χ3n) is 12.6.